The van der Waals surface area contributed by atoms with Gasteiger partial charge in [0.15, 0.2) is 0 Å². The third kappa shape index (κ3) is 3.26. The van der Waals surface area contributed by atoms with Gasteiger partial charge in [-0.1, -0.05) is 6.92 Å². The third-order valence-electron chi connectivity index (χ3n) is 3.23. The average Bonchev–Trinajstić information content (AvgIpc) is 2.80. The highest BCUT2D eigenvalue weighted by molar-refractivity contribution is 7.99. The van der Waals surface area contributed by atoms with E-state index in [4.69, 9.17) is 5.84 Å². The van der Waals surface area contributed by atoms with Crippen molar-refractivity contribution in [3.05, 3.63) is 11.8 Å². The van der Waals surface area contributed by atoms with Gasteiger partial charge in [0.2, 0.25) is 5.95 Å². The molecule has 0 aromatic carbocycles. The summed E-state index contributed by atoms with van der Waals surface area (Å²) in [5.74, 6) is 7.88. The molecule has 0 aliphatic heterocycles. The lowest BCUT2D eigenvalue weighted by atomic mass is 10.2. The molecule has 0 bridgehead atoms. The number of anilines is 2. The smallest absolute Gasteiger partial charge is 0.239 e. The molecular weight excluding hydrogens is 246 g/mol. The van der Waals surface area contributed by atoms with E-state index in [1.54, 1.807) is 6.20 Å². The fourth-order valence-corrected chi connectivity index (χ4v) is 3.45. The van der Waals surface area contributed by atoms with Gasteiger partial charge < -0.3 is 5.32 Å². The summed E-state index contributed by atoms with van der Waals surface area (Å²) < 4.78 is 0. The van der Waals surface area contributed by atoms with Gasteiger partial charge in [-0.15, -0.1) is 0 Å². The van der Waals surface area contributed by atoms with E-state index in [1.165, 1.54) is 25.0 Å². The molecular formula is C12H21N5S. The van der Waals surface area contributed by atoms with E-state index < -0.39 is 0 Å². The van der Waals surface area contributed by atoms with Gasteiger partial charge >= 0.3 is 0 Å². The minimum atomic E-state index is 0.459. The maximum absolute atomic E-state index is 5.33. The van der Waals surface area contributed by atoms with Crippen LogP contribution < -0.4 is 16.6 Å². The maximum atomic E-state index is 5.33. The van der Waals surface area contributed by atoms with Gasteiger partial charge in [0.05, 0.1) is 0 Å². The minimum absolute atomic E-state index is 0.459. The van der Waals surface area contributed by atoms with Crippen LogP contribution >= 0.6 is 11.8 Å². The summed E-state index contributed by atoms with van der Waals surface area (Å²) >= 11 is 2.06. The van der Waals surface area contributed by atoms with Crippen LogP contribution in [0.3, 0.4) is 0 Å². The van der Waals surface area contributed by atoms with E-state index in [2.05, 4.69) is 39.4 Å². The number of nitrogens with two attached hydrogens (primary N) is 1. The molecule has 1 aliphatic carbocycles. The van der Waals surface area contributed by atoms with Crippen molar-refractivity contribution >= 4 is 23.5 Å². The molecule has 1 aliphatic rings. The first kappa shape index (κ1) is 13.4. The molecule has 5 nitrogen and oxygen atoms in total. The number of nitrogen functional groups attached to an aromatic ring is 1. The van der Waals surface area contributed by atoms with Crippen molar-refractivity contribution in [1.82, 2.24) is 9.97 Å². The third-order valence-corrected chi connectivity index (χ3v) is 4.46. The largest absolute Gasteiger partial charge is 0.367 e. The van der Waals surface area contributed by atoms with Crippen LogP contribution in [-0.4, -0.2) is 27.0 Å². The Bertz CT molecular complexity index is 398. The van der Waals surface area contributed by atoms with Crippen LogP contribution in [0.4, 0.5) is 11.8 Å². The zero-order valence-corrected chi connectivity index (χ0v) is 11.8. The number of aryl methyl sites for hydroxylation is 1. The van der Waals surface area contributed by atoms with E-state index in [0.29, 0.717) is 12.0 Å². The molecule has 2 unspecified atom stereocenters. The van der Waals surface area contributed by atoms with Gasteiger partial charge in [-0.3, -0.25) is 5.43 Å². The van der Waals surface area contributed by atoms with Crippen LogP contribution in [0.2, 0.25) is 0 Å². The van der Waals surface area contributed by atoms with Crippen molar-refractivity contribution in [2.24, 2.45) is 5.84 Å². The zero-order valence-electron chi connectivity index (χ0n) is 10.9. The Hall–Kier alpha value is -1.01. The van der Waals surface area contributed by atoms with Crippen molar-refractivity contribution in [3.63, 3.8) is 0 Å². The van der Waals surface area contributed by atoms with Crippen LogP contribution in [0.25, 0.3) is 0 Å². The summed E-state index contributed by atoms with van der Waals surface area (Å²) in [5, 5.41) is 4.31. The second-order valence-electron chi connectivity index (χ2n) is 4.60. The summed E-state index contributed by atoms with van der Waals surface area (Å²) in [7, 11) is 0. The van der Waals surface area contributed by atoms with Gasteiger partial charge in [0.25, 0.3) is 0 Å². The van der Waals surface area contributed by atoms with Crippen LogP contribution in [0, 0.1) is 6.92 Å². The second-order valence-corrected chi connectivity index (χ2v) is 6.18. The maximum Gasteiger partial charge on any atom is 0.239 e. The lowest BCUT2D eigenvalue weighted by molar-refractivity contribution is 0.750. The molecule has 0 spiro atoms. The topological polar surface area (TPSA) is 75.9 Å². The standard InChI is InChI=1S/C12H21N5S/c1-3-18-10-5-4-9(6-10)15-11-8(2)7-14-12(16-11)17-13/h7,9-10H,3-6,13H2,1-2H3,(H2,14,15,16,17). The van der Waals surface area contributed by atoms with Gasteiger partial charge in [-0.2, -0.15) is 16.7 Å². The Morgan fingerprint density at radius 3 is 3.06 bits per heavy atom. The highest BCUT2D eigenvalue weighted by atomic mass is 32.2. The lowest BCUT2D eigenvalue weighted by Gasteiger charge is -2.15. The number of hydrogen-bond acceptors (Lipinski definition) is 6. The predicted molar refractivity (Wildman–Crippen MR) is 77.8 cm³/mol. The SMILES string of the molecule is CCSC1CCC(Nc2nc(NN)ncc2C)C1. The Morgan fingerprint density at radius 1 is 1.50 bits per heavy atom. The Labute approximate surface area is 112 Å². The fourth-order valence-electron chi connectivity index (χ4n) is 2.31. The normalized spacial score (nSPS) is 23.1. The minimum Gasteiger partial charge on any atom is -0.367 e. The molecule has 1 heterocycles. The Kier molecular flexibility index (Phi) is 4.66. The summed E-state index contributed by atoms with van der Waals surface area (Å²) in [6.45, 7) is 4.23. The molecule has 2 rings (SSSR count). The molecule has 1 aromatic rings. The summed E-state index contributed by atoms with van der Waals surface area (Å²) in [4.78, 5) is 8.45. The van der Waals surface area contributed by atoms with Crippen LogP contribution in [-0.2, 0) is 0 Å². The number of rotatable bonds is 5. The monoisotopic (exact) mass is 267 g/mol. The van der Waals surface area contributed by atoms with E-state index in [-0.39, 0.29) is 0 Å². The molecule has 2 atom stereocenters. The zero-order chi connectivity index (χ0) is 13.0. The Morgan fingerprint density at radius 2 is 2.33 bits per heavy atom. The molecule has 0 saturated heterocycles. The molecule has 6 heteroatoms. The van der Waals surface area contributed by atoms with Gasteiger partial charge in [-0.25, -0.2) is 10.8 Å². The first-order chi connectivity index (χ1) is 8.72. The van der Waals surface area contributed by atoms with Crippen LogP contribution in [0.1, 0.15) is 31.7 Å². The summed E-state index contributed by atoms with van der Waals surface area (Å²) in [6.07, 6.45) is 5.51. The Balaban J connectivity index is 1.97. The quantitative estimate of drug-likeness (QED) is 0.560. The first-order valence-corrected chi connectivity index (χ1v) is 7.46. The van der Waals surface area contributed by atoms with E-state index in [1.807, 2.05) is 6.92 Å². The van der Waals surface area contributed by atoms with Crippen LogP contribution in [0.5, 0.6) is 0 Å². The first-order valence-electron chi connectivity index (χ1n) is 6.41. The molecule has 0 radical (unpaired) electrons. The number of hydrazine groups is 1. The van der Waals surface area contributed by atoms with Crippen molar-refractivity contribution in [2.75, 3.05) is 16.5 Å². The average molecular weight is 267 g/mol. The highest BCUT2D eigenvalue weighted by Crippen LogP contribution is 2.31. The van der Waals surface area contributed by atoms with Gasteiger partial charge in [-0.05, 0) is 31.9 Å². The molecule has 0 amide bonds. The molecule has 1 fully saturated rings. The molecule has 18 heavy (non-hydrogen) atoms. The van der Waals surface area contributed by atoms with Crippen LogP contribution in [0.15, 0.2) is 6.20 Å². The molecule has 1 saturated carbocycles. The van der Waals surface area contributed by atoms with Gasteiger partial charge in [0.1, 0.15) is 5.82 Å². The number of aromatic nitrogens is 2. The molecule has 100 valence electrons. The van der Waals surface area contributed by atoms with Crippen molar-refractivity contribution in [2.45, 2.75) is 44.4 Å². The van der Waals surface area contributed by atoms with Gasteiger partial charge in [0, 0.05) is 23.1 Å². The molecule has 4 N–H and O–H groups in total. The van der Waals surface area contributed by atoms with Crippen molar-refractivity contribution < 1.29 is 0 Å². The van der Waals surface area contributed by atoms with E-state index >= 15 is 0 Å². The second kappa shape index (κ2) is 6.24. The van der Waals surface area contributed by atoms with Crippen molar-refractivity contribution in [3.8, 4) is 0 Å². The number of nitrogens with zero attached hydrogens (tertiary/aromatic N) is 2. The highest BCUT2D eigenvalue weighted by Gasteiger charge is 2.25. The fraction of sp³-hybridized carbons (Fsp3) is 0.667. The summed E-state index contributed by atoms with van der Waals surface area (Å²) in [6, 6.07) is 0.522. The number of thioether (sulfide) groups is 1. The lowest BCUT2D eigenvalue weighted by Crippen LogP contribution is -2.19. The summed E-state index contributed by atoms with van der Waals surface area (Å²) in [5.41, 5.74) is 3.54. The van der Waals surface area contributed by atoms with Crippen molar-refractivity contribution in [1.29, 1.82) is 0 Å². The predicted octanol–water partition coefficient (Wildman–Crippen LogP) is 2.16. The number of hydrogen-bond donors (Lipinski definition) is 3. The van der Waals surface area contributed by atoms with E-state index in [0.717, 1.165) is 16.6 Å². The molecule has 1 aromatic heterocycles. The van der Waals surface area contributed by atoms with E-state index in [9.17, 15) is 0 Å². The number of nitrogens with one attached hydrogen (secondary N) is 2.